The van der Waals surface area contributed by atoms with E-state index in [4.69, 9.17) is 22.8 Å². The van der Waals surface area contributed by atoms with Gasteiger partial charge in [0.25, 0.3) is 0 Å². The molecule has 1 amide bonds. The Labute approximate surface area is 132 Å². The molecule has 1 unspecified atom stereocenters. The summed E-state index contributed by atoms with van der Waals surface area (Å²) >= 11 is 0. The van der Waals surface area contributed by atoms with Crippen LogP contribution in [0.3, 0.4) is 0 Å². The molecule has 1 fully saturated rings. The van der Waals surface area contributed by atoms with Gasteiger partial charge in [-0.3, -0.25) is 0 Å². The minimum absolute atomic E-state index is 0.00313. The molecule has 2 N–H and O–H groups in total. The van der Waals surface area contributed by atoms with E-state index < -0.39 is 48.9 Å². The largest absolute Gasteiger partial charge is 0.444 e. The molecule has 1 atom stereocenters. The lowest BCUT2D eigenvalue weighted by Gasteiger charge is -2.34. The smallest absolute Gasteiger partial charge is 0.410 e. The van der Waals surface area contributed by atoms with E-state index >= 15 is 0 Å². The molecule has 1 aliphatic heterocycles. The molecule has 1 aromatic heterocycles. The van der Waals surface area contributed by atoms with Crippen molar-refractivity contribution in [1.29, 1.82) is 0 Å². The molecule has 2 heterocycles. The molecule has 0 spiro atoms. The summed E-state index contributed by atoms with van der Waals surface area (Å²) in [6.45, 7) is -2.52. The van der Waals surface area contributed by atoms with Gasteiger partial charge in [0.05, 0.1) is 2.74 Å². The molecule has 0 radical (unpaired) electrons. The van der Waals surface area contributed by atoms with Crippen molar-refractivity contribution in [2.24, 2.45) is 0 Å². The second-order valence-electron chi connectivity index (χ2n) is 5.14. The van der Waals surface area contributed by atoms with Crippen molar-refractivity contribution < 1.29 is 21.9 Å². The number of amides is 1. The molecule has 1 aliphatic rings. The number of piperidine rings is 1. The number of rotatable bonds is 1. The molecule has 0 saturated carbocycles. The third-order valence-corrected chi connectivity index (χ3v) is 2.23. The minimum Gasteiger partial charge on any atom is -0.444 e. The van der Waals surface area contributed by atoms with Gasteiger partial charge in [-0.05, 0) is 45.1 Å². The van der Waals surface area contributed by atoms with Crippen LogP contribution in [0.2, 0.25) is 0 Å². The first-order chi connectivity index (χ1) is 12.7. The Bertz CT molecular complexity index is 808. The minimum atomic E-state index is -3.51. The lowest BCUT2D eigenvalue weighted by molar-refractivity contribution is 0.0198. The predicted octanol–water partition coefficient (Wildman–Crippen LogP) is 2.78. The Kier molecular flexibility index (Phi) is 1.93. The van der Waals surface area contributed by atoms with Gasteiger partial charge in [-0.25, -0.2) is 9.78 Å². The van der Waals surface area contributed by atoms with Crippen LogP contribution in [-0.4, -0.2) is 34.6 Å². The van der Waals surface area contributed by atoms with Crippen molar-refractivity contribution in [2.45, 2.75) is 45.0 Å². The first-order valence-corrected chi connectivity index (χ1v) is 6.00. The second kappa shape index (κ2) is 5.69. The zero-order valence-electron chi connectivity index (χ0n) is 20.5. The number of aromatic nitrogens is 1. The summed E-state index contributed by atoms with van der Waals surface area (Å²) in [7, 11) is 0. The highest BCUT2D eigenvalue weighted by Crippen LogP contribution is 2.27. The molecule has 0 bridgehead atoms. The Balaban J connectivity index is 2.84. The summed E-state index contributed by atoms with van der Waals surface area (Å²) in [5.41, 5.74) is 3.90. The van der Waals surface area contributed by atoms with Crippen molar-refractivity contribution >= 4 is 11.9 Å². The first kappa shape index (κ1) is 6.78. The van der Waals surface area contributed by atoms with E-state index in [2.05, 4.69) is 4.98 Å². The number of nitrogen functional groups attached to an aromatic ring is 1. The molecular weight excluding hydrogens is 254 g/mol. The van der Waals surface area contributed by atoms with Crippen molar-refractivity contribution in [3.63, 3.8) is 0 Å². The average Bonchev–Trinajstić information content (AvgIpc) is 2.50. The monoisotopic (exact) mass is 286 g/mol. The van der Waals surface area contributed by atoms with Crippen molar-refractivity contribution in [3.8, 4) is 0 Å². The summed E-state index contributed by atoms with van der Waals surface area (Å²) in [5.74, 6) is -3.12. The van der Waals surface area contributed by atoms with Gasteiger partial charge in [0.15, 0.2) is 0 Å². The van der Waals surface area contributed by atoms with Crippen LogP contribution in [0.1, 0.15) is 57.3 Å². The number of nitrogens with zero attached hydrogens (tertiary/aromatic N) is 2. The maximum absolute atomic E-state index is 12.7. The van der Waals surface area contributed by atoms with Gasteiger partial charge in [0, 0.05) is 34.7 Å². The van der Waals surface area contributed by atoms with E-state index in [1.54, 1.807) is 0 Å². The van der Waals surface area contributed by atoms with Crippen LogP contribution in [0.5, 0.6) is 0 Å². The van der Waals surface area contributed by atoms with E-state index in [1.165, 1.54) is 26.8 Å². The standard InChI is InChI=1S/C15H23N3O2/c1-15(2,3)20-14(19)18-8-4-5-12(10-18)11-6-7-13(16)17-9-11/h6-7,9,12H,4-5,8,10H2,1-3H3,(H2,16,17)/i4D2,5D2,8D2,10D2,12D. The lowest BCUT2D eigenvalue weighted by Crippen LogP contribution is -2.42. The van der Waals surface area contributed by atoms with Crippen LogP contribution >= 0.6 is 0 Å². The fourth-order valence-corrected chi connectivity index (χ4v) is 1.40. The van der Waals surface area contributed by atoms with Crippen molar-refractivity contribution in [3.05, 3.63) is 23.9 Å². The molecule has 1 aromatic rings. The van der Waals surface area contributed by atoms with E-state index in [-0.39, 0.29) is 10.7 Å². The molecular formula is C15H23N3O2. The van der Waals surface area contributed by atoms with Crippen LogP contribution in [0.4, 0.5) is 10.6 Å². The summed E-state index contributed by atoms with van der Waals surface area (Å²) in [5, 5.41) is 0. The molecule has 2 rings (SSSR count). The van der Waals surface area contributed by atoms with Gasteiger partial charge in [-0.2, -0.15) is 0 Å². The summed E-state index contributed by atoms with van der Waals surface area (Å²) in [6.07, 6.45) is -7.61. The van der Waals surface area contributed by atoms with Crippen molar-refractivity contribution in [2.75, 3.05) is 18.7 Å². The Hall–Kier alpha value is -1.78. The summed E-state index contributed by atoms with van der Waals surface area (Å²) in [6, 6.07) is 2.27. The normalized spacial score (nSPS) is 40.1. The zero-order chi connectivity index (χ0) is 22.8. The SMILES string of the molecule is [2H]C1([2H])N(C(=O)OC(C)(C)C)C([2H])([2H])C([2H])(c2ccc(N)nc2)C([2H])([2H])C1([2H])[2H]. The van der Waals surface area contributed by atoms with Gasteiger partial charge < -0.3 is 15.4 Å². The molecule has 20 heavy (non-hydrogen) atoms. The van der Waals surface area contributed by atoms with Gasteiger partial charge in [-0.1, -0.05) is 6.07 Å². The quantitative estimate of drug-likeness (QED) is 0.862. The van der Waals surface area contributed by atoms with Crippen LogP contribution in [0, 0.1) is 0 Å². The summed E-state index contributed by atoms with van der Waals surface area (Å²) in [4.78, 5) is 16.3. The maximum Gasteiger partial charge on any atom is 0.410 e. The first-order valence-electron chi connectivity index (χ1n) is 10.5. The summed E-state index contributed by atoms with van der Waals surface area (Å²) < 4.78 is 79.8. The fourth-order valence-electron chi connectivity index (χ4n) is 1.40. The number of hydrogen-bond donors (Lipinski definition) is 1. The number of nitrogens with two attached hydrogens (primary N) is 1. The molecule has 0 aliphatic carbocycles. The molecule has 110 valence electrons. The predicted molar refractivity (Wildman–Crippen MR) is 78.4 cm³/mol. The Morgan fingerprint density at radius 3 is 2.95 bits per heavy atom. The molecule has 1 saturated heterocycles. The third-order valence-electron chi connectivity index (χ3n) is 2.23. The van der Waals surface area contributed by atoms with Gasteiger partial charge in [-0.15, -0.1) is 0 Å². The lowest BCUT2D eigenvalue weighted by atomic mass is 9.92. The average molecular weight is 286 g/mol. The number of ether oxygens (including phenoxy) is 1. The number of anilines is 1. The van der Waals surface area contributed by atoms with Gasteiger partial charge in [0.1, 0.15) is 11.4 Å². The zero-order valence-corrected chi connectivity index (χ0v) is 11.5. The second-order valence-corrected chi connectivity index (χ2v) is 5.14. The molecule has 0 aromatic carbocycles. The molecule has 5 heteroatoms. The van der Waals surface area contributed by atoms with Crippen LogP contribution < -0.4 is 5.73 Å². The maximum atomic E-state index is 12.7. The number of pyridine rings is 1. The number of carbonyl (C=O) groups excluding carboxylic acids is 1. The Morgan fingerprint density at radius 2 is 2.35 bits per heavy atom. The Morgan fingerprint density at radius 1 is 1.60 bits per heavy atom. The highest BCUT2D eigenvalue weighted by Gasteiger charge is 2.28. The van der Waals surface area contributed by atoms with Gasteiger partial charge >= 0.3 is 6.09 Å². The fraction of sp³-hybridized carbons (Fsp3) is 0.600. The highest BCUT2D eigenvalue weighted by molar-refractivity contribution is 5.68. The van der Waals surface area contributed by atoms with E-state index in [0.717, 1.165) is 12.3 Å². The van der Waals surface area contributed by atoms with E-state index in [0.29, 0.717) is 0 Å². The van der Waals surface area contributed by atoms with Gasteiger partial charge in [0.2, 0.25) is 0 Å². The molecule has 5 nitrogen and oxygen atoms in total. The third kappa shape index (κ3) is 3.85. The van der Waals surface area contributed by atoms with Crippen LogP contribution in [0.25, 0.3) is 0 Å². The van der Waals surface area contributed by atoms with Crippen LogP contribution in [0.15, 0.2) is 18.3 Å². The number of likely N-dealkylation sites (tertiary alicyclic amines) is 1. The number of hydrogen-bond acceptors (Lipinski definition) is 4. The van der Waals surface area contributed by atoms with E-state index in [1.807, 2.05) is 0 Å². The van der Waals surface area contributed by atoms with Crippen molar-refractivity contribution in [1.82, 2.24) is 9.88 Å². The van der Waals surface area contributed by atoms with E-state index in [9.17, 15) is 4.79 Å². The highest BCUT2D eigenvalue weighted by atomic mass is 16.6. The number of carbonyl (C=O) groups is 1. The topological polar surface area (TPSA) is 68.5 Å². The van der Waals surface area contributed by atoms with Crippen LogP contribution in [-0.2, 0) is 4.74 Å².